The maximum Gasteiger partial charge on any atom is 0.241 e. The zero-order valence-electron chi connectivity index (χ0n) is 15.0. The lowest BCUT2D eigenvalue weighted by Crippen LogP contribution is -2.48. The molecule has 0 aromatic heterocycles. The smallest absolute Gasteiger partial charge is 0.241 e. The summed E-state index contributed by atoms with van der Waals surface area (Å²) < 4.78 is 5.19. The van der Waals surface area contributed by atoms with Gasteiger partial charge < -0.3 is 15.0 Å². The highest BCUT2D eigenvalue weighted by atomic mass is 16.5. The molecule has 1 saturated heterocycles. The van der Waals surface area contributed by atoms with Gasteiger partial charge in [0, 0.05) is 20.6 Å². The van der Waals surface area contributed by atoms with Crippen LogP contribution >= 0.6 is 0 Å². The molecule has 1 N–H and O–H groups in total. The molecule has 6 nitrogen and oxygen atoms in total. The van der Waals surface area contributed by atoms with Gasteiger partial charge in [0.1, 0.15) is 11.8 Å². The lowest BCUT2D eigenvalue weighted by Gasteiger charge is -2.33. The number of hydrogen-bond donors (Lipinski definition) is 1. The zero-order valence-corrected chi connectivity index (χ0v) is 15.0. The summed E-state index contributed by atoms with van der Waals surface area (Å²) in [6, 6.07) is 6.51. The van der Waals surface area contributed by atoms with Gasteiger partial charge in [-0.2, -0.15) is 0 Å². The van der Waals surface area contributed by atoms with Gasteiger partial charge in [-0.1, -0.05) is 18.1 Å². The Morgan fingerprint density at radius 3 is 2.68 bits per heavy atom. The summed E-state index contributed by atoms with van der Waals surface area (Å²) in [7, 11) is 4.90. The average molecular weight is 343 g/mol. The van der Waals surface area contributed by atoms with E-state index in [4.69, 9.17) is 11.2 Å². The molecule has 1 aliphatic rings. The number of nitrogens with one attached hydrogen (secondary N) is 1. The lowest BCUT2D eigenvalue weighted by atomic mass is 10.0. The molecule has 0 bridgehead atoms. The molecule has 1 aromatic rings. The number of likely N-dealkylation sites (tertiary alicyclic amines) is 1. The van der Waals surface area contributed by atoms with Crippen molar-refractivity contribution in [2.45, 2.75) is 24.9 Å². The summed E-state index contributed by atoms with van der Waals surface area (Å²) >= 11 is 0. The first-order chi connectivity index (χ1) is 12.0. The van der Waals surface area contributed by atoms with Gasteiger partial charge in [-0.05, 0) is 30.5 Å². The van der Waals surface area contributed by atoms with E-state index in [0.29, 0.717) is 6.54 Å². The number of amides is 2. The monoisotopic (exact) mass is 343 g/mol. The van der Waals surface area contributed by atoms with E-state index in [-0.39, 0.29) is 24.4 Å². The fourth-order valence-electron chi connectivity index (χ4n) is 3.25. The fraction of sp³-hybridized carbons (Fsp3) is 0.474. The molecule has 2 atom stereocenters. The Morgan fingerprint density at radius 1 is 1.44 bits per heavy atom. The quantitative estimate of drug-likeness (QED) is 0.784. The Morgan fingerprint density at radius 2 is 2.12 bits per heavy atom. The molecule has 134 valence electrons. The van der Waals surface area contributed by atoms with Crippen LogP contribution in [0.3, 0.4) is 0 Å². The number of ether oxygens (including phenoxy) is 1. The third-order valence-electron chi connectivity index (χ3n) is 4.54. The summed E-state index contributed by atoms with van der Waals surface area (Å²) in [4.78, 5) is 28.8. The zero-order chi connectivity index (χ0) is 18.4. The van der Waals surface area contributed by atoms with Crippen molar-refractivity contribution in [3.8, 4) is 18.1 Å². The van der Waals surface area contributed by atoms with E-state index in [9.17, 15) is 9.59 Å². The van der Waals surface area contributed by atoms with E-state index in [1.165, 1.54) is 4.90 Å². The predicted octanol–water partition coefficient (Wildman–Crippen LogP) is 1.04. The van der Waals surface area contributed by atoms with Crippen LogP contribution in [0.2, 0.25) is 0 Å². The van der Waals surface area contributed by atoms with Crippen molar-refractivity contribution in [1.82, 2.24) is 15.1 Å². The molecule has 6 heteroatoms. The van der Waals surface area contributed by atoms with E-state index in [0.717, 1.165) is 24.2 Å². The van der Waals surface area contributed by atoms with Crippen LogP contribution in [0, 0.1) is 12.3 Å². The first kappa shape index (κ1) is 18.8. The second-order valence-corrected chi connectivity index (χ2v) is 6.08. The van der Waals surface area contributed by atoms with Crippen molar-refractivity contribution in [2.24, 2.45) is 0 Å². The van der Waals surface area contributed by atoms with Crippen molar-refractivity contribution in [2.75, 3.05) is 34.3 Å². The Balaban J connectivity index is 2.31. The third kappa shape index (κ3) is 4.12. The summed E-state index contributed by atoms with van der Waals surface area (Å²) in [5, 5.41) is 2.71. The highest BCUT2D eigenvalue weighted by Crippen LogP contribution is 2.31. The number of carbonyl (C=O) groups is 2. The van der Waals surface area contributed by atoms with Gasteiger partial charge in [0.25, 0.3) is 0 Å². The minimum atomic E-state index is -0.522. The number of nitrogens with zero attached hydrogens (tertiary/aromatic N) is 2. The van der Waals surface area contributed by atoms with E-state index in [1.807, 2.05) is 29.2 Å². The lowest BCUT2D eigenvalue weighted by molar-refractivity contribution is -0.137. The minimum Gasteiger partial charge on any atom is -0.497 e. The molecule has 0 unspecified atom stereocenters. The maximum absolute atomic E-state index is 12.7. The first-order valence-electron chi connectivity index (χ1n) is 8.33. The molecule has 25 heavy (non-hydrogen) atoms. The van der Waals surface area contributed by atoms with Gasteiger partial charge in [0.05, 0.1) is 19.7 Å². The minimum absolute atomic E-state index is 0.0436. The van der Waals surface area contributed by atoms with E-state index in [1.54, 1.807) is 21.2 Å². The molecule has 1 aromatic carbocycles. The number of terminal acetylenes is 1. The molecular formula is C19H25N3O3. The van der Waals surface area contributed by atoms with Crippen LogP contribution in [0.5, 0.6) is 5.75 Å². The van der Waals surface area contributed by atoms with Crippen molar-refractivity contribution in [3.63, 3.8) is 0 Å². The normalized spacial score (nSPS) is 18.2. The molecule has 2 amide bonds. The van der Waals surface area contributed by atoms with Crippen LogP contribution in [0.25, 0.3) is 0 Å². The molecular weight excluding hydrogens is 318 g/mol. The summed E-state index contributed by atoms with van der Waals surface area (Å²) in [5.41, 5.74) is 0.833. The molecule has 0 aliphatic carbocycles. The SMILES string of the molecule is C#CCN(C)C(=O)[C@@H]1CCCN1[C@@H](C(=O)NC)c1ccc(OC)cc1. The highest BCUT2D eigenvalue weighted by molar-refractivity contribution is 5.86. The van der Waals surface area contributed by atoms with Gasteiger partial charge in [-0.15, -0.1) is 6.42 Å². The Kier molecular flexibility index (Phi) is 6.43. The number of carbonyl (C=O) groups excluding carboxylic acids is 2. The summed E-state index contributed by atoms with van der Waals surface area (Å²) in [5.74, 6) is 3.03. The van der Waals surface area contributed by atoms with Crippen LogP contribution in [-0.2, 0) is 9.59 Å². The molecule has 0 spiro atoms. The van der Waals surface area contributed by atoms with Gasteiger partial charge in [0.2, 0.25) is 11.8 Å². The van der Waals surface area contributed by atoms with E-state index < -0.39 is 6.04 Å². The Labute approximate surface area is 149 Å². The van der Waals surface area contributed by atoms with Crippen molar-refractivity contribution in [3.05, 3.63) is 29.8 Å². The molecule has 0 radical (unpaired) electrons. The second-order valence-electron chi connectivity index (χ2n) is 6.08. The maximum atomic E-state index is 12.7. The van der Waals surface area contributed by atoms with E-state index in [2.05, 4.69) is 11.2 Å². The standard InChI is InChI=1S/C19H25N3O3/c1-5-12-21(3)19(24)16-7-6-13-22(16)17(18(23)20-2)14-8-10-15(25-4)11-9-14/h1,8-11,16-17H,6-7,12-13H2,2-4H3,(H,20,23)/t16-,17+/m0/s1. The topological polar surface area (TPSA) is 61.9 Å². The van der Waals surface area contributed by atoms with Gasteiger partial charge in [-0.3, -0.25) is 14.5 Å². The Bertz CT molecular complexity index is 651. The molecule has 1 aliphatic heterocycles. The van der Waals surface area contributed by atoms with Crippen LogP contribution in [0.15, 0.2) is 24.3 Å². The van der Waals surface area contributed by atoms with Crippen LogP contribution < -0.4 is 10.1 Å². The van der Waals surface area contributed by atoms with E-state index >= 15 is 0 Å². The number of rotatable bonds is 6. The fourth-order valence-corrected chi connectivity index (χ4v) is 3.25. The van der Waals surface area contributed by atoms with Crippen molar-refractivity contribution in [1.29, 1.82) is 0 Å². The molecule has 0 saturated carbocycles. The number of likely N-dealkylation sites (N-methyl/N-ethyl adjacent to an activating group) is 2. The highest BCUT2D eigenvalue weighted by Gasteiger charge is 2.40. The summed E-state index contributed by atoms with van der Waals surface area (Å²) in [6.07, 6.45) is 6.90. The number of benzene rings is 1. The second kappa shape index (κ2) is 8.54. The predicted molar refractivity (Wildman–Crippen MR) is 96.0 cm³/mol. The molecule has 1 heterocycles. The largest absolute Gasteiger partial charge is 0.497 e. The van der Waals surface area contributed by atoms with Crippen LogP contribution in [0.1, 0.15) is 24.4 Å². The van der Waals surface area contributed by atoms with Gasteiger partial charge in [-0.25, -0.2) is 0 Å². The van der Waals surface area contributed by atoms with Crippen molar-refractivity contribution >= 4 is 11.8 Å². The van der Waals surface area contributed by atoms with Gasteiger partial charge in [0.15, 0.2) is 0 Å². The first-order valence-corrected chi connectivity index (χ1v) is 8.33. The molecule has 1 fully saturated rings. The van der Waals surface area contributed by atoms with Gasteiger partial charge >= 0.3 is 0 Å². The van der Waals surface area contributed by atoms with Crippen molar-refractivity contribution < 1.29 is 14.3 Å². The van der Waals surface area contributed by atoms with Crippen LogP contribution in [-0.4, -0.2) is 62.0 Å². The Hall–Kier alpha value is -2.52. The number of methoxy groups -OCH3 is 1. The van der Waals surface area contributed by atoms with Crippen LogP contribution in [0.4, 0.5) is 0 Å². The third-order valence-corrected chi connectivity index (χ3v) is 4.54. The summed E-state index contributed by atoms with van der Waals surface area (Å²) in [6.45, 7) is 0.945. The molecule has 2 rings (SSSR count). The number of hydrogen-bond acceptors (Lipinski definition) is 4. The average Bonchev–Trinajstić information content (AvgIpc) is 3.11.